The highest BCUT2D eigenvalue weighted by atomic mass is 35.5. The number of benzene rings is 1. The number of phenolic OH excluding ortho intramolecular Hbond substituents is 1. The molecule has 1 rings (SSSR count). The van der Waals surface area contributed by atoms with Gasteiger partial charge in [-0.05, 0) is 24.5 Å². The van der Waals surface area contributed by atoms with E-state index in [9.17, 15) is 5.11 Å². The van der Waals surface area contributed by atoms with E-state index in [2.05, 4.69) is 0 Å². The molecule has 15 heavy (non-hydrogen) atoms. The van der Waals surface area contributed by atoms with Gasteiger partial charge in [-0.1, -0.05) is 32.4 Å². The molecule has 0 amide bonds. The molecule has 0 spiro atoms. The Kier molecular flexibility index (Phi) is 3.31. The summed E-state index contributed by atoms with van der Waals surface area (Å²) < 4.78 is 0. The van der Waals surface area contributed by atoms with Crippen molar-refractivity contribution in [1.29, 1.82) is 0 Å². The summed E-state index contributed by atoms with van der Waals surface area (Å²) in [5, 5.41) is 10.7. The molecule has 0 aliphatic heterocycles. The minimum Gasteiger partial charge on any atom is -0.507 e. The standard InChI is InChI=1S/C12H18ClNO/c1-7(14)9-5-8(13)6-10(11(9)15)12(2,3)4/h5-7,15H,14H2,1-4H3. The first-order valence-electron chi connectivity index (χ1n) is 5.02. The van der Waals surface area contributed by atoms with E-state index in [-0.39, 0.29) is 17.2 Å². The summed E-state index contributed by atoms with van der Waals surface area (Å²) in [4.78, 5) is 0. The molecule has 0 aliphatic carbocycles. The number of rotatable bonds is 1. The Balaban J connectivity index is 3.42. The molecule has 0 saturated heterocycles. The van der Waals surface area contributed by atoms with Crippen LogP contribution in [0.25, 0.3) is 0 Å². The lowest BCUT2D eigenvalue weighted by atomic mass is 9.84. The molecule has 84 valence electrons. The van der Waals surface area contributed by atoms with Crippen LogP contribution in [0.1, 0.15) is 44.9 Å². The number of hydrogen-bond acceptors (Lipinski definition) is 2. The third-order valence-corrected chi connectivity index (χ3v) is 2.62. The van der Waals surface area contributed by atoms with E-state index in [1.54, 1.807) is 12.1 Å². The van der Waals surface area contributed by atoms with Gasteiger partial charge < -0.3 is 10.8 Å². The quantitative estimate of drug-likeness (QED) is 0.773. The summed E-state index contributed by atoms with van der Waals surface area (Å²) in [6.45, 7) is 7.92. The normalized spacial score (nSPS) is 14.0. The lowest BCUT2D eigenvalue weighted by Gasteiger charge is -2.23. The molecule has 1 aromatic rings. The Morgan fingerprint density at radius 1 is 1.33 bits per heavy atom. The SMILES string of the molecule is CC(N)c1cc(Cl)cc(C(C)(C)C)c1O. The zero-order valence-corrected chi connectivity index (χ0v) is 10.4. The average Bonchev–Trinajstić information content (AvgIpc) is 2.06. The monoisotopic (exact) mass is 227 g/mol. The van der Waals surface area contributed by atoms with Crippen LogP contribution in [0.15, 0.2) is 12.1 Å². The van der Waals surface area contributed by atoms with Crippen molar-refractivity contribution in [3.05, 3.63) is 28.3 Å². The van der Waals surface area contributed by atoms with Crippen LogP contribution >= 0.6 is 11.6 Å². The second kappa shape index (κ2) is 4.03. The van der Waals surface area contributed by atoms with Crippen molar-refractivity contribution in [1.82, 2.24) is 0 Å². The summed E-state index contributed by atoms with van der Waals surface area (Å²) in [7, 11) is 0. The summed E-state index contributed by atoms with van der Waals surface area (Å²) >= 11 is 6.01. The smallest absolute Gasteiger partial charge is 0.124 e. The largest absolute Gasteiger partial charge is 0.507 e. The van der Waals surface area contributed by atoms with Crippen LogP contribution in [0.2, 0.25) is 5.02 Å². The van der Waals surface area contributed by atoms with Gasteiger partial charge in [-0.25, -0.2) is 0 Å². The van der Waals surface area contributed by atoms with Gasteiger partial charge in [0.25, 0.3) is 0 Å². The Bertz CT molecular complexity index is 367. The van der Waals surface area contributed by atoms with Gasteiger partial charge >= 0.3 is 0 Å². The highest BCUT2D eigenvalue weighted by molar-refractivity contribution is 6.30. The van der Waals surface area contributed by atoms with Crippen molar-refractivity contribution in [3.8, 4) is 5.75 Å². The lowest BCUT2D eigenvalue weighted by Crippen LogP contribution is -2.14. The molecule has 0 aromatic heterocycles. The number of aromatic hydroxyl groups is 1. The molecular formula is C12H18ClNO. The minimum absolute atomic E-state index is 0.140. The molecule has 1 unspecified atom stereocenters. The van der Waals surface area contributed by atoms with Gasteiger partial charge in [0.2, 0.25) is 0 Å². The van der Waals surface area contributed by atoms with Crippen molar-refractivity contribution in [3.63, 3.8) is 0 Å². The van der Waals surface area contributed by atoms with E-state index in [0.29, 0.717) is 10.6 Å². The molecule has 0 fully saturated rings. The van der Waals surface area contributed by atoms with E-state index in [1.165, 1.54) is 0 Å². The maximum Gasteiger partial charge on any atom is 0.124 e. The fourth-order valence-corrected chi connectivity index (χ4v) is 1.77. The first-order chi connectivity index (χ1) is 6.73. The van der Waals surface area contributed by atoms with Gasteiger partial charge in [0.05, 0.1) is 0 Å². The summed E-state index contributed by atoms with van der Waals surface area (Å²) in [6.07, 6.45) is 0. The van der Waals surface area contributed by atoms with E-state index in [1.807, 2.05) is 27.7 Å². The predicted octanol–water partition coefficient (Wildman–Crippen LogP) is 3.36. The third-order valence-electron chi connectivity index (χ3n) is 2.40. The van der Waals surface area contributed by atoms with E-state index < -0.39 is 0 Å². The molecule has 1 aromatic carbocycles. The van der Waals surface area contributed by atoms with Crippen LogP contribution in [0.5, 0.6) is 5.75 Å². The lowest BCUT2D eigenvalue weighted by molar-refractivity contribution is 0.436. The van der Waals surface area contributed by atoms with Crippen LogP contribution in [0.4, 0.5) is 0 Å². The number of halogens is 1. The van der Waals surface area contributed by atoms with E-state index in [0.717, 1.165) is 5.56 Å². The van der Waals surface area contributed by atoms with Crippen molar-refractivity contribution in [2.45, 2.75) is 39.2 Å². The van der Waals surface area contributed by atoms with Crippen molar-refractivity contribution >= 4 is 11.6 Å². The summed E-state index contributed by atoms with van der Waals surface area (Å²) in [5.41, 5.74) is 7.17. The number of hydrogen-bond donors (Lipinski definition) is 2. The molecule has 0 bridgehead atoms. The molecule has 1 atom stereocenters. The molecule has 3 N–H and O–H groups in total. The molecule has 3 heteroatoms. The molecule has 2 nitrogen and oxygen atoms in total. The zero-order valence-electron chi connectivity index (χ0n) is 9.63. The second-order valence-electron chi connectivity index (χ2n) is 4.93. The van der Waals surface area contributed by atoms with Gasteiger partial charge in [0, 0.05) is 22.2 Å². The predicted molar refractivity (Wildman–Crippen MR) is 64.4 cm³/mol. The van der Waals surface area contributed by atoms with Gasteiger partial charge in [0.15, 0.2) is 0 Å². The van der Waals surface area contributed by atoms with Gasteiger partial charge in [-0.2, -0.15) is 0 Å². The molecule has 0 heterocycles. The molecule has 0 aliphatic rings. The number of phenols is 1. The molecule has 0 radical (unpaired) electrons. The first kappa shape index (κ1) is 12.3. The van der Waals surface area contributed by atoms with Crippen LogP contribution in [-0.2, 0) is 5.41 Å². The third kappa shape index (κ3) is 2.64. The Labute approximate surface area is 96.1 Å². The second-order valence-corrected chi connectivity index (χ2v) is 5.37. The first-order valence-corrected chi connectivity index (χ1v) is 5.39. The van der Waals surface area contributed by atoms with Gasteiger partial charge in [-0.3, -0.25) is 0 Å². The highest BCUT2D eigenvalue weighted by Gasteiger charge is 2.22. The Morgan fingerprint density at radius 2 is 1.87 bits per heavy atom. The number of nitrogens with two attached hydrogens (primary N) is 1. The topological polar surface area (TPSA) is 46.2 Å². The molecule has 0 saturated carbocycles. The Hall–Kier alpha value is -0.730. The van der Waals surface area contributed by atoms with Crippen LogP contribution in [-0.4, -0.2) is 5.11 Å². The van der Waals surface area contributed by atoms with Crippen LogP contribution in [0, 0.1) is 0 Å². The minimum atomic E-state index is -0.218. The Morgan fingerprint density at radius 3 is 2.27 bits per heavy atom. The van der Waals surface area contributed by atoms with Crippen LogP contribution in [0.3, 0.4) is 0 Å². The van der Waals surface area contributed by atoms with Crippen LogP contribution < -0.4 is 5.73 Å². The summed E-state index contributed by atoms with van der Waals surface area (Å²) in [5.74, 6) is 0.266. The van der Waals surface area contributed by atoms with Crippen molar-refractivity contribution in [2.75, 3.05) is 0 Å². The van der Waals surface area contributed by atoms with Crippen molar-refractivity contribution < 1.29 is 5.11 Å². The molecular weight excluding hydrogens is 210 g/mol. The zero-order chi connectivity index (χ0) is 11.8. The highest BCUT2D eigenvalue weighted by Crippen LogP contribution is 2.37. The van der Waals surface area contributed by atoms with E-state index >= 15 is 0 Å². The summed E-state index contributed by atoms with van der Waals surface area (Å²) in [6, 6.07) is 3.30. The fraction of sp³-hybridized carbons (Fsp3) is 0.500. The maximum atomic E-state index is 10.1. The fourth-order valence-electron chi connectivity index (χ4n) is 1.54. The van der Waals surface area contributed by atoms with E-state index in [4.69, 9.17) is 17.3 Å². The van der Waals surface area contributed by atoms with Gasteiger partial charge in [0.1, 0.15) is 5.75 Å². The average molecular weight is 228 g/mol. The maximum absolute atomic E-state index is 10.1. The van der Waals surface area contributed by atoms with Gasteiger partial charge in [-0.15, -0.1) is 0 Å². The van der Waals surface area contributed by atoms with Crippen molar-refractivity contribution in [2.24, 2.45) is 5.73 Å².